The first-order valence-electron chi connectivity index (χ1n) is 7.54. The molecule has 2 aliphatic rings. The number of benzene rings is 1. The second kappa shape index (κ2) is 6.12. The van der Waals surface area contributed by atoms with Gasteiger partial charge in [0.2, 0.25) is 5.91 Å². The standard InChI is InChI=1S/C16H21N3OS/c17-16(21)12-3-1-11(2-4-12)9-15(20)18-13-7-8-19(10-13)14-5-6-14/h1-4,13-14H,5-10H2,(H2,17,21)(H,18,20). The topological polar surface area (TPSA) is 58.4 Å². The normalized spacial score (nSPS) is 22.2. The van der Waals surface area contributed by atoms with Crippen LogP contribution >= 0.6 is 12.2 Å². The Morgan fingerprint density at radius 1 is 1.29 bits per heavy atom. The first-order valence-corrected chi connectivity index (χ1v) is 7.95. The molecule has 5 heteroatoms. The molecule has 3 rings (SSSR count). The van der Waals surface area contributed by atoms with Crippen molar-refractivity contribution in [1.82, 2.24) is 10.2 Å². The highest BCUT2D eigenvalue weighted by Gasteiger charge is 2.34. The van der Waals surface area contributed by atoms with Crippen molar-refractivity contribution in [2.45, 2.75) is 37.8 Å². The van der Waals surface area contributed by atoms with E-state index < -0.39 is 0 Å². The molecule has 1 amide bonds. The molecule has 1 aromatic rings. The number of hydrogen-bond donors (Lipinski definition) is 2. The summed E-state index contributed by atoms with van der Waals surface area (Å²) in [5, 5.41) is 3.15. The van der Waals surface area contributed by atoms with Crippen LogP contribution in [0.1, 0.15) is 30.4 Å². The summed E-state index contributed by atoms with van der Waals surface area (Å²) in [6.07, 6.45) is 4.15. The lowest BCUT2D eigenvalue weighted by molar-refractivity contribution is -0.121. The van der Waals surface area contributed by atoms with Crippen LogP contribution in [0.2, 0.25) is 0 Å². The predicted molar refractivity (Wildman–Crippen MR) is 87.2 cm³/mol. The molecular formula is C16H21N3OS. The Labute approximate surface area is 130 Å². The number of rotatable bonds is 5. The van der Waals surface area contributed by atoms with Crippen LogP contribution in [0.5, 0.6) is 0 Å². The van der Waals surface area contributed by atoms with Crippen molar-refractivity contribution in [1.29, 1.82) is 0 Å². The minimum absolute atomic E-state index is 0.0979. The minimum Gasteiger partial charge on any atom is -0.389 e. The molecule has 1 heterocycles. The Morgan fingerprint density at radius 3 is 2.62 bits per heavy atom. The summed E-state index contributed by atoms with van der Waals surface area (Å²) in [5.74, 6) is 0.0979. The number of hydrogen-bond acceptors (Lipinski definition) is 3. The number of nitrogens with two attached hydrogens (primary N) is 1. The van der Waals surface area contributed by atoms with Gasteiger partial charge in [0.05, 0.1) is 6.42 Å². The summed E-state index contributed by atoms with van der Waals surface area (Å²) in [5.41, 5.74) is 7.39. The second-order valence-electron chi connectivity index (χ2n) is 6.02. The van der Waals surface area contributed by atoms with Gasteiger partial charge in [0.1, 0.15) is 4.99 Å². The van der Waals surface area contributed by atoms with Crippen LogP contribution < -0.4 is 11.1 Å². The average Bonchev–Trinajstić information content (AvgIpc) is 3.20. The molecule has 1 aromatic carbocycles. The average molecular weight is 303 g/mol. The van der Waals surface area contributed by atoms with Crippen molar-refractivity contribution in [2.24, 2.45) is 5.73 Å². The molecule has 0 bridgehead atoms. The van der Waals surface area contributed by atoms with Gasteiger partial charge in [0.25, 0.3) is 0 Å². The number of carbonyl (C=O) groups is 1. The van der Waals surface area contributed by atoms with E-state index in [-0.39, 0.29) is 5.91 Å². The predicted octanol–water partition coefficient (Wildman–Crippen LogP) is 1.22. The molecule has 1 unspecified atom stereocenters. The molecule has 0 spiro atoms. The van der Waals surface area contributed by atoms with Crippen LogP contribution in [0, 0.1) is 0 Å². The highest BCUT2D eigenvalue weighted by Crippen LogP contribution is 2.29. The van der Waals surface area contributed by atoms with E-state index in [1.807, 2.05) is 24.3 Å². The van der Waals surface area contributed by atoms with Crippen molar-refractivity contribution in [3.8, 4) is 0 Å². The highest BCUT2D eigenvalue weighted by molar-refractivity contribution is 7.80. The van der Waals surface area contributed by atoms with Gasteiger partial charge in [-0.05, 0) is 24.8 Å². The minimum atomic E-state index is 0.0979. The van der Waals surface area contributed by atoms with E-state index in [2.05, 4.69) is 10.2 Å². The van der Waals surface area contributed by atoms with Crippen molar-refractivity contribution < 1.29 is 4.79 Å². The van der Waals surface area contributed by atoms with Gasteiger partial charge in [-0.1, -0.05) is 36.5 Å². The summed E-state index contributed by atoms with van der Waals surface area (Å²) in [6.45, 7) is 2.13. The van der Waals surface area contributed by atoms with E-state index in [1.165, 1.54) is 12.8 Å². The number of nitrogens with zero attached hydrogens (tertiary/aromatic N) is 1. The Morgan fingerprint density at radius 2 is 2.00 bits per heavy atom. The van der Waals surface area contributed by atoms with E-state index in [0.717, 1.165) is 36.7 Å². The quantitative estimate of drug-likeness (QED) is 0.803. The number of amides is 1. The molecule has 21 heavy (non-hydrogen) atoms. The molecule has 3 N–H and O–H groups in total. The first-order chi connectivity index (χ1) is 10.1. The summed E-state index contributed by atoms with van der Waals surface area (Å²) >= 11 is 4.92. The van der Waals surface area contributed by atoms with Crippen molar-refractivity contribution in [3.63, 3.8) is 0 Å². The Hall–Kier alpha value is -1.46. The number of likely N-dealkylation sites (tertiary alicyclic amines) is 1. The zero-order valence-corrected chi connectivity index (χ0v) is 12.9. The van der Waals surface area contributed by atoms with Crippen LogP contribution in [0.4, 0.5) is 0 Å². The van der Waals surface area contributed by atoms with Gasteiger partial charge in [0.15, 0.2) is 0 Å². The van der Waals surface area contributed by atoms with E-state index in [4.69, 9.17) is 18.0 Å². The smallest absolute Gasteiger partial charge is 0.224 e. The number of thiocarbonyl (C=S) groups is 1. The van der Waals surface area contributed by atoms with Gasteiger partial charge in [-0.15, -0.1) is 0 Å². The lowest BCUT2D eigenvalue weighted by atomic mass is 10.1. The third-order valence-electron chi connectivity index (χ3n) is 4.25. The van der Waals surface area contributed by atoms with Gasteiger partial charge in [-0.3, -0.25) is 9.69 Å². The van der Waals surface area contributed by atoms with E-state index >= 15 is 0 Å². The fourth-order valence-corrected chi connectivity index (χ4v) is 3.06. The van der Waals surface area contributed by atoms with Gasteiger partial charge in [-0.2, -0.15) is 0 Å². The second-order valence-corrected chi connectivity index (χ2v) is 6.46. The Balaban J connectivity index is 1.48. The van der Waals surface area contributed by atoms with Gasteiger partial charge in [0, 0.05) is 30.7 Å². The molecule has 1 aliphatic carbocycles. The largest absolute Gasteiger partial charge is 0.389 e. The summed E-state index contributed by atoms with van der Waals surface area (Å²) < 4.78 is 0. The SMILES string of the molecule is NC(=S)c1ccc(CC(=O)NC2CCN(C3CC3)C2)cc1. The lowest BCUT2D eigenvalue weighted by Gasteiger charge is -2.15. The maximum atomic E-state index is 12.1. The van der Waals surface area contributed by atoms with Crippen molar-refractivity contribution in [3.05, 3.63) is 35.4 Å². The van der Waals surface area contributed by atoms with E-state index in [1.54, 1.807) is 0 Å². The monoisotopic (exact) mass is 303 g/mol. The zero-order valence-electron chi connectivity index (χ0n) is 12.0. The maximum absolute atomic E-state index is 12.1. The maximum Gasteiger partial charge on any atom is 0.224 e. The lowest BCUT2D eigenvalue weighted by Crippen LogP contribution is -2.38. The first kappa shape index (κ1) is 14.5. The van der Waals surface area contributed by atoms with E-state index in [9.17, 15) is 4.79 Å². The van der Waals surface area contributed by atoms with Gasteiger partial charge >= 0.3 is 0 Å². The van der Waals surface area contributed by atoms with Crippen LogP contribution in [0.15, 0.2) is 24.3 Å². The van der Waals surface area contributed by atoms with E-state index in [0.29, 0.717) is 17.5 Å². The third-order valence-corrected chi connectivity index (χ3v) is 4.49. The Kier molecular flexibility index (Phi) is 4.22. The van der Waals surface area contributed by atoms with Crippen LogP contribution in [-0.2, 0) is 11.2 Å². The molecule has 4 nitrogen and oxygen atoms in total. The molecule has 112 valence electrons. The van der Waals surface area contributed by atoms with Crippen LogP contribution in [-0.4, -0.2) is 41.0 Å². The van der Waals surface area contributed by atoms with Crippen molar-refractivity contribution >= 4 is 23.1 Å². The molecule has 0 aromatic heterocycles. The van der Waals surface area contributed by atoms with Crippen molar-refractivity contribution in [2.75, 3.05) is 13.1 Å². The molecule has 2 fully saturated rings. The fourth-order valence-electron chi connectivity index (χ4n) is 2.93. The molecular weight excluding hydrogens is 282 g/mol. The number of nitrogens with one attached hydrogen (secondary N) is 1. The van der Waals surface area contributed by atoms with Gasteiger partial charge < -0.3 is 11.1 Å². The van der Waals surface area contributed by atoms with Gasteiger partial charge in [-0.25, -0.2) is 0 Å². The van der Waals surface area contributed by atoms with Crippen LogP contribution in [0.3, 0.4) is 0 Å². The molecule has 1 saturated heterocycles. The fraction of sp³-hybridized carbons (Fsp3) is 0.500. The molecule has 1 saturated carbocycles. The highest BCUT2D eigenvalue weighted by atomic mass is 32.1. The summed E-state index contributed by atoms with van der Waals surface area (Å²) in [6, 6.07) is 8.68. The zero-order chi connectivity index (χ0) is 14.8. The molecule has 0 radical (unpaired) electrons. The summed E-state index contributed by atoms with van der Waals surface area (Å²) in [7, 11) is 0. The molecule has 1 aliphatic heterocycles. The Bertz CT molecular complexity index is 539. The molecule has 1 atom stereocenters. The summed E-state index contributed by atoms with van der Waals surface area (Å²) in [4.78, 5) is 15.0. The number of carbonyl (C=O) groups excluding carboxylic acids is 1. The third kappa shape index (κ3) is 3.80. The van der Waals surface area contributed by atoms with Crippen LogP contribution in [0.25, 0.3) is 0 Å².